The molecule has 0 aromatic heterocycles. The van der Waals surface area contributed by atoms with E-state index in [1.807, 2.05) is 24.3 Å². The number of carbonyl (C=O) groups is 4. The SMILES string of the molecule is C=CC(=O)OCCCOc1ccc(C(=O)OC2(C#Cc3ccc(C#CC4(OC(=O)c5ccc(OCCCOC(=O)C=C)cc5)CCC(C5CCC(CCC)CC5)CC4)cc3)CCC(C3CCC(CCC)CC3)CC2)cc1. The topological polar surface area (TPSA) is 124 Å². The highest BCUT2D eigenvalue weighted by Crippen LogP contribution is 2.46. The Labute approximate surface area is 453 Å². The zero-order valence-corrected chi connectivity index (χ0v) is 45.4. The minimum atomic E-state index is -0.926. The Balaban J connectivity index is 1.03. The molecule has 0 spiro atoms. The van der Waals surface area contributed by atoms with Gasteiger partial charge in [0.05, 0.1) is 37.6 Å². The Morgan fingerprint density at radius 1 is 0.487 bits per heavy atom. The molecule has 0 atom stereocenters. The van der Waals surface area contributed by atoms with E-state index in [4.69, 9.17) is 28.4 Å². The number of ether oxygens (including phenoxy) is 6. The predicted molar refractivity (Wildman–Crippen MR) is 297 cm³/mol. The maximum atomic E-state index is 13.9. The Hall–Kier alpha value is -6.26. The summed E-state index contributed by atoms with van der Waals surface area (Å²) < 4.78 is 34.6. The van der Waals surface area contributed by atoms with Crippen LogP contribution in [0.25, 0.3) is 0 Å². The number of hydrogen-bond donors (Lipinski definition) is 0. The van der Waals surface area contributed by atoms with Crippen LogP contribution >= 0.6 is 0 Å². The van der Waals surface area contributed by atoms with Crippen molar-refractivity contribution in [3.63, 3.8) is 0 Å². The minimum Gasteiger partial charge on any atom is -0.493 e. The molecule has 406 valence electrons. The third-order valence-electron chi connectivity index (χ3n) is 16.6. The molecule has 4 saturated carbocycles. The summed E-state index contributed by atoms with van der Waals surface area (Å²) in [6.07, 6.45) is 25.5. The summed E-state index contributed by atoms with van der Waals surface area (Å²) in [6.45, 7) is 12.6. The summed E-state index contributed by atoms with van der Waals surface area (Å²) in [7, 11) is 0. The number of rotatable bonds is 22. The zero-order valence-electron chi connectivity index (χ0n) is 45.4. The van der Waals surface area contributed by atoms with Crippen LogP contribution in [0.15, 0.2) is 98.1 Å². The standard InChI is InChI=1S/C66H82O10/c1-5-11-49-17-21-53(22-18-49)55-35-41-65(42-36-55,75-63(69)57-25-29-59(30-26-57)71-45-9-47-73-61(67)7-3)39-33-51-13-15-52(16-14-51)34-40-66(43-37-56(38-44-66)54-23-19-50(12-6-2)20-24-54)76-64(70)58-27-31-60(32-28-58)72-46-10-48-74-62(68)8-4/h7-8,13-16,25-32,49-50,53-56H,3-6,9-12,17-24,35-38,41-48H2,1-2H3. The first-order valence-corrected chi connectivity index (χ1v) is 28.7. The summed E-state index contributed by atoms with van der Waals surface area (Å²) in [5, 5.41) is 0. The van der Waals surface area contributed by atoms with E-state index in [0.29, 0.717) is 98.0 Å². The number of carbonyl (C=O) groups excluding carboxylic acids is 4. The van der Waals surface area contributed by atoms with E-state index in [1.165, 1.54) is 77.0 Å². The molecule has 0 bridgehead atoms. The molecule has 3 aromatic rings. The van der Waals surface area contributed by atoms with Gasteiger partial charge in [-0.1, -0.05) is 90.2 Å². The van der Waals surface area contributed by atoms with E-state index < -0.39 is 35.1 Å². The van der Waals surface area contributed by atoms with Gasteiger partial charge in [-0.25, -0.2) is 19.2 Å². The first kappa shape index (κ1) is 57.4. The lowest BCUT2D eigenvalue weighted by atomic mass is 9.67. The maximum Gasteiger partial charge on any atom is 0.339 e. The first-order chi connectivity index (χ1) is 37.0. The molecule has 10 heteroatoms. The van der Waals surface area contributed by atoms with Gasteiger partial charge in [0.25, 0.3) is 0 Å². The molecule has 7 rings (SSSR count). The third kappa shape index (κ3) is 17.4. The van der Waals surface area contributed by atoms with Crippen LogP contribution in [0.4, 0.5) is 0 Å². The Bertz CT molecular complexity index is 2300. The second-order valence-electron chi connectivity index (χ2n) is 21.9. The normalized spacial score (nSPS) is 25.1. The van der Waals surface area contributed by atoms with E-state index in [1.54, 1.807) is 48.5 Å². The van der Waals surface area contributed by atoms with Gasteiger partial charge in [0.15, 0.2) is 11.2 Å². The van der Waals surface area contributed by atoms with Gasteiger partial charge in [-0.3, -0.25) is 0 Å². The van der Waals surface area contributed by atoms with E-state index >= 15 is 0 Å². The average Bonchev–Trinajstić information content (AvgIpc) is 3.45. The molecule has 10 nitrogen and oxygen atoms in total. The average molecular weight is 1040 g/mol. The molecule has 0 amide bonds. The number of hydrogen-bond acceptors (Lipinski definition) is 10. The van der Waals surface area contributed by atoms with Crippen LogP contribution < -0.4 is 9.47 Å². The van der Waals surface area contributed by atoms with Crippen molar-refractivity contribution in [2.75, 3.05) is 26.4 Å². The van der Waals surface area contributed by atoms with Crippen molar-refractivity contribution in [2.24, 2.45) is 35.5 Å². The van der Waals surface area contributed by atoms with E-state index in [2.05, 4.69) is 50.7 Å². The molecule has 4 aliphatic rings. The fourth-order valence-electron chi connectivity index (χ4n) is 12.2. The lowest BCUT2D eigenvalue weighted by Gasteiger charge is -2.41. The van der Waals surface area contributed by atoms with Crippen LogP contribution in [-0.2, 0) is 28.5 Å². The lowest BCUT2D eigenvalue weighted by Crippen LogP contribution is -2.40. The number of esters is 4. The highest BCUT2D eigenvalue weighted by molar-refractivity contribution is 5.90. The molecule has 0 aliphatic heterocycles. The first-order valence-electron chi connectivity index (χ1n) is 28.7. The molecular weight excluding hydrogens is 953 g/mol. The third-order valence-corrected chi connectivity index (χ3v) is 16.6. The van der Waals surface area contributed by atoms with Crippen molar-refractivity contribution < 1.29 is 47.6 Å². The predicted octanol–water partition coefficient (Wildman–Crippen LogP) is 14.2. The monoisotopic (exact) mass is 1030 g/mol. The fourth-order valence-corrected chi connectivity index (χ4v) is 12.2. The molecule has 0 unspecified atom stereocenters. The summed E-state index contributed by atoms with van der Waals surface area (Å²) in [6, 6.07) is 21.8. The largest absolute Gasteiger partial charge is 0.493 e. The molecular formula is C66H82O10. The molecule has 0 heterocycles. The Morgan fingerprint density at radius 2 is 0.829 bits per heavy atom. The lowest BCUT2D eigenvalue weighted by molar-refractivity contribution is -0.138. The molecule has 4 aliphatic carbocycles. The maximum absolute atomic E-state index is 13.9. The van der Waals surface area contributed by atoms with Gasteiger partial charge in [0.1, 0.15) is 11.5 Å². The van der Waals surface area contributed by atoms with Gasteiger partial charge in [0.2, 0.25) is 0 Å². The van der Waals surface area contributed by atoms with Crippen LogP contribution in [0.3, 0.4) is 0 Å². The molecule has 0 radical (unpaired) electrons. The number of benzene rings is 3. The quantitative estimate of drug-likeness (QED) is 0.0316. The Kier molecular flexibility index (Phi) is 22.2. The van der Waals surface area contributed by atoms with Gasteiger partial charge in [-0.15, -0.1) is 0 Å². The highest BCUT2D eigenvalue weighted by atomic mass is 16.6. The van der Waals surface area contributed by atoms with Crippen molar-refractivity contribution in [1.29, 1.82) is 0 Å². The molecule has 3 aromatic carbocycles. The van der Waals surface area contributed by atoms with Crippen LogP contribution in [0.1, 0.15) is 187 Å². The summed E-state index contributed by atoms with van der Waals surface area (Å²) in [4.78, 5) is 50.5. The van der Waals surface area contributed by atoms with Gasteiger partial charge in [-0.2, -0.15) is 0 Å². The summed E-state index contributed by atoms with van der Waals surface area (Å²) in [5.41, 5.74) is 0.615. The van der Waals surface area contributed by atoms with Gasteiger partial charge >= 0.3 is 23.9 Å². The van der Waals surface area contributed by atoms with E-state index in [0.717, 1.165) is 60.8 Å². The highest BCUT2D eigenvalue weighted by Gasteiger charge is 2.42. The summed E-state index contributed by atoms with van der Waals surface area (Å²) in [5.74, 6) is 17.6. The van der Waals surface area contributed by atoms with E-state index in [-0.39, 0.29) is 13.2 Å². The second-order valence-corrected chi connectivity index (χ2v) is 21.9. The van der Waals surface area contributed by atoms with Gasteiger partial charge in [-0.05, 0) is 197 Å². The van der Waals surface area contributed by atoms with Crippen molar-refractivity contribution in [3.8, 4) is 35.2 Å². The molecule has 0 N–H and O–H groups in total. The van der Waals surface area contributed by atoms with Crippen LogP contribution in [0.2, 0.25) is 0 Å². The second kappa shape index (κ2) is 29.3. The summed E-state index contributed by atoms with van der Waals surface area (Å²) >= 11 is 0. The van der Waals surface area contributed by atoms with Crippen LogP contribution in [0.5, 0.6) is 11.5 Å². The van der Waals surface area contributed by atoms with E-state index in [9.17, 15) is 19.2 Å². The molecule has 0 saturated heterocycles. The van der Waals surface area contributed by atoms with Crippen LogP contribution in [0, 0.1) is 59.2 Å². The van der Waals surface area contributed by atoms with Crippen LogP contribution in [-0.4, -0.2) is 61.5 Å². The fraction of sp³-hybridized carbons (Fsp3) is 0.545. The zero-order chi connectivity index (χ0) is 53.6. The molecule has 76 heavy (non-hydrogen) atoms. The minimum absolute atomic E-state index is 0.231. The van der Waals surface area contributed by atoms with Gasteiger partial charge < -0.3 is 28.4 Å². The van der Waals surface area contributed by atoms with Crippen molar-refractivity contribution in [2.45, 2.75) is 166 Å². The van der Waals surface area contributed by atoms with Crippen molar-refractivity contribution in [3.05, 3.63) is 120 Å². The smallest absolute Gasteiger partial charge is 0.339 e. The van der Waals surface area contributed by atoms with Gasteiger partial charge in [0, 0.05) is 36.1 Å². The Morgan fingerprint density at radius 3 is 1.16 bits per heavy atom. The molecule has 4 fully saturated rings. The van der Waals surface area contributed by atoms with Crippen molar-refractivity contribution >= 4 is 23.9 Å². The van der Waals surface area contributed by atoms with Crippen molar-refractivity contribution in [1.82, 2.24) is 0 Å².